The van der Waals surface area contributed by atoms with Crippen molar-refractivity contribution in [3.8, 4) is 0 Å². The molecule has 5 heteroatoms. The van der Waals surface area contributed by atoms with E-state index in [2.05, 4.69) is 0 Å². The predicted octanol–water partition coefficient (Wildman–Crippen LogP) is 0.325. The normalized spacial score (nSPS) is 11.1. The molecule has 0 saturated carbocycles. The number of carbonyl (C=O) groups is 2. The third-order valence-electron chi connectivity index (χ3n) is 1.09. The van der Waals surface area contributed by atoms with Crippen molar-refractivity contribution in [3.63, 3.8) is 0 Å². The minimum atomic E-state index is -1.36. The summed E-state index contributed by atoms with van der Waals surface area (Å²) in [5, 5.41) is 18.7. The fourth-order valence-electron chi connectivity index (χ4n) is 0.663. The molecule has 0 aliphatic carbocycles. The first-order chi connectivity index (χ1) is 5.13. The molecule has 1 heterocycles. The Hall–Kier alpha value is -1.36. The van der Waals surface area contributed by atoms with Gasteiger partial charge in [0.2, 0.25) is 0 Å². The van der Waals surface area contributed by atoms with Crippen molar-refractivity contribution in [1.29, 1.82) is 0 Å². The molecule has 1 aromatic rings. The van der Waals surface area contributed by atoms with Gasteiger partial charge in [-0.3, -0.25) is 0 Å². The predicted molar refractivity (Wildman–Crippen MR) is 36.7 cm³/mol. The minimum Gasteiger partial charge on any atom is -0.500 e. The van der Waals surface area contributed by atoms with E-state index in [4.69, 9.17) is 5.11 Å². The van der Waals surface area contributed by atoms with Gasteiger partial charge in [0.1, 0.15) is 5.38 Å². The van der Waals surface area contributed by atoms with Crippen LogP contribution in [0.5, 0.6) is 0 Å². The highest BCUT2D eigenvalue weighted by Crippen LogP contribution is 2.23. The topological polar surface area (TPSA) is 77.4 Å². The Morgan fingerprint density at radius 2 is 2.18 bits per heavy atom. The van der Waals surface area contributed by atoms with E-state index in [1.807, 2.05) is 0 Å². The first kappa shape index (κ1) is 7.74. The lowest BCUT2D eigenvalue weighted by Gasteiger charge is -1.88. The molecule has 0 radical (unpaired) electrons. The maximum Gasteiger partial charge on any atom is 0.389 e. The van der Waals surface area contributed by atoms with E-state index in [0.717, 1.165) is 0 Å². The average Bonchev–Trinajstić information content (AvgIpc) is 2.32. The number of hydrogen-bond acceptors (Lipinski definition) is 3. The van der Waals surface area contributed by atoms with Crippen LogP contribution in [0.25, 0.3) is 0 Å². The van der Waals surface area contributed by atoms with Crippen LogP contribution in [0.2, 0.25) is 0 Å². The standard InChI is InChI=1S/C6H4O4S/c7-5(8)4-2-1-3-11(4)6(9)10/h1-3H,(H-,7,8,9,10). The number of thiophene rings is 1. The number of rotatable bonds is 2. The van der Waals surface area contributed by atoms with Gasteiger partial charge in [-0.25, -0.2) is 4.79 Å². The summed E-state index contributed by atoms with van der Waals surface area (Å²) >= 11 is 0. The molecule has 0 saturated heterocycles. The van der Waals surface area contributed by atoms with Crippen LogP contribution >= 0.6 is 10.5 Å². The highest BCUT2D eigenvalue weighted by atomic mass is 32.2. The molecule has 11 heavy (non-hydrogen) atoms. The van der Waals surface area contributed by atoms with E-state index >= 15 is 0 Å². The number of carboxylic acid groups (broad SMARTS) is 2. The summed E-state index contributed by atoms with van der Waals surface area (Å²) in [5.41, 5.74) is 0. The molecule has 4 nitrogen and oxygen atoms in total. The van der Waals surface area contributed by atoms with Crippen molar-refractivity contribution >= 4 is 21.7 Å². The largest absolute Gasteiger partial charge is 0.500 e. The van der Waals surface area contributed by atoms with Gasteiger partial charge in [0.25, 0.3) is 4.88 Å². The van der Waals surface area contributed by atoms with Crippen LogP contribution in [0.3, 0.4) is 0 Å². The Bertz CT molecular complexity index is 273. The zero-order valence-electron chi connectivity index (χ0n) is 5.31. The molecular formula is C6H4O4S. The Labute approximate surface area is 64.7 Å². The monoisotopic (exact) mass is 172 g/mol. The van der Waals surface area contributed by atoms with Gasteiger partial charge in [-0.05, 0) is 6.07 Å². The Kier molecular flexibility index (Phi) is 1.91. The molecule has 1 rings (SSSR count). The van der Waals surface area contributed by atoms with E-state index in [9.17, 15) is 14.7 Å². The molecule has 0 aromatic carbocycles. The zero-order chi connectivity index (χ0) is 8.43. The van der Waals surface area contributed by atoms with Crippen LogP contribution < -0.4 is 5.11 Å². The number of carboxylic acids is 1. The molecule has 1 aromatic heterocycles. The second-order valence-electron chi connectivity index (χ2n) is 1.75. The lowest BCUT2D eigenvalue weighted by Crippen LogP contribution is -2.17. The van der Waals surface area contributed by atoms with Crippen LogP contribution in [-0.4, -0.2) is 16.4 Å². The molecule has 58 valence electrons. The smallest absolute Gasteiger partial charge is 0.389 e. The molecule has 0 amide bonds. The summed E-state index contributed by atoms with van der Waals surface area (Å²) < 4.78 is 0. The third kappa shape index (κ3) is 1.38. The van der Waals surface area contributed by atoms with Crippen LogP contribution in [0.4, 0.5) is 4.79 Å². The highest BCUT2D eigenvalue weighted by molar-refractivity contribution is 7.50. The van der Waals surface area contributed by atoms with Crippen LogP contribution in [-0.2, 0) is 0 Å². The van der Waals surface area contributed by atoms with Crippen LogP contribution in [0, 0.1) is 0 Å². The summed E-state index contributed by atoms with van der Waals surface area (Å²) in [7, 11) is -1.36. The molecule has 0 spiro atoms. The summed E-state index contributed by atoms with van der Waals surface area (Å²) in [6.45, 7) is 0. The minimum absolute atomic E-state index is 0.120. The van der Waals surface area contributed by atoms with Gasteiger partial charge in [0, 0.05) is 16.5 Å². The highest BCUT2D eigenvalue weighted by Gasteiger charge is 2.21. The van der Waals surface area contributed by atoms with Crippen LogP contribution in [0.1, 0.15) is 9.67 Å². The summed E-state index contributed by atoms with van der Waals surface area (Å²) in [5.74, 6) is -1.21. The van der Waals surface area contributed by atoms with E-state index in [-0.39, 0.29) is 4.88 Å². The Balaban J connectivity index is 3.16. The van der Waals surface area contributed by atoms with Gasteiger partial charge < -0.3 is 15.0 Å². The third-order valence-corrected chi connectivity index (χ3v) is 2.66. The second kappa shape index (κ2) is 2.71. The fraction of sp³-hybridized carbons (Fsp3) is 0. The van der Waals surface area contributed by atoms with Gasteiger partial charge in [0.15, 0.2) is 0 Å². The molecule has 0 aliphatic heterocycles. The van der Waals surface area contributed by atoms with Gasteiger partial charge in [0.05, 0.1) is 0 Å². The Morgan fingerprint density at radius 3 is 2.55 bits per heavy atom. The van der Waals surface area contributed by atoms with E-state index < -0.39 is 21.7 Å². The number of aromatic carboxylic acids is 1. The van der Waals surface area contributed by atoms with E-state index in [1.165, 1.54) is 17.5 Å². The SMILES string of the molecule is O=C(O)c1ccc[s+]1C(=O)[O-]. The maximum absolute atomic E-state index is 10.3. The molecule has 0 fully saturated rings. The molecule has 1 unspecified atom stereocenters. The fourth-order valence-corrected chi connectivity index (χ4v) is 1.75. The lowest BCUT2D eigenvalue weighted by atomic mass is 10.5. The maximum atomic E-state index is 10.3. The van der Waals surface area contributed by atoms with Crippen molar-refractivity contribution < 1.29 is 19.8 Å². The number of carbonyl (C=O) groups excluding carboxylic acids is 1. The second-order valence-corrected chi connectivity index (χ2v) is 3.47. The molecule has 1 atom stereocenters. The number of hydrogen-bond donors (Lipinski definition) is 1. The van der Waals surface area contributed by atoms with Crippen molar-refractivity contribution in [3.05, 3.63) is 22.4 Å². The molecule has 0 bridgehead atoms. The molecule has 0 aliphatic rings. The summed E-state index contributed by atoms with van der Waals surface area (Å²) in [6, 6.07) is 2.67. The quantitative estimate of drug-likeness (QED) is 0.652. The van der Waals surface area contributed by atoms with Crippen molar-refractivity contribution in [2.45, 2.75) is 0 Å². The zero-order valence-corrected chi connectivity index (χ0v) is 6.13. The van der Waals surface area contributed by atoms with Gasteiger partial charge in [-0.1, -0.05) is 0 Å². The van der Waals surface area contributed by atoms with Crippen molar-refractivity contribution in [2.75, 3.05) is 0 Å². The Morgan fingerprint density at radius 1 is 1.55 bits per heavy atom. The van der Waals surface area contributed by atoms with Crippen molar-refractivity contribution in [2.24, 2.45) is 0 Å². The van der Waals surface area contributed by atoms with Gasteiger partial charge in [-0.15, -0.1) is 0 Å². The van der Waals surface area contributed by atoms with Crippen molar-refractivity contribution in [1.82, 2.24) is 0 Å². The molecule has 1 N–H and O–H groups in total. The van der Waals surface area contributed by atoms with Gasteiger partial charge in [-0.2, -0.15) is 0 Å². The lowest BCUT2D eigenvalue weighted by molar-refractivity contribution is -0.233. The van der Waals surface area contributed by atoms with E-state index in [0.29, 0.717) is 0 Å². The van der Waals surface area contributed by atoms with E-state index in [1.54, 1.807) is 0 Å². The molecular weight excluding hydrogens is 168 g/mol. The van der Waals surface area contributed by atoms with Gasteiger partial charge >= 0.3 is 11.3 Å². The first-order valence-electron chi connectivity index (χ1n) is 2.69. The summed E-state index contributed by atoms with van der Waals surface area (Å²) in [6.07, 6.45) is 0. The first-order valence-corrected chi connectivity index (χ1v) is 3.97. The average molecular weight is 172 g/mol. The summed E-state index contributed by atoms with van der Waals surface area (Å²) in [4.78, 5) is 20.5. The van der Waals surface area contributed by atoms with Crippen LogP contribution in [0.15, 0.2) is 17.5 Å².